The van der Waals surface area contributed by atoms with Crippen molar-refractivity contribution < 1.29 is 29.1 Å². The Balaban J connectivity index is 1.61. The number of ketones is 1. The van der Waals surface area contributed by atoms with Crippen molar-refractivity contribution in [2.24, 2.45) is 28.9 Å². The van der Waals surface area contributed by atoms with E-state index in [0.717, 1.165) is 30.4 Å². The number of likely N-dealkylation sites (tertiary alicyclic amines) is 1. The fourth-order valence-electron chi connectivity index (χ4n) is 7.28. The van der Waals surface area contributed by atoms with Crippen LogP contribution in [0.2, 0.25) is 0 Å². The number of nitrogens with two attached hydrogens (primary N) is 1. The van der Waals surface area contributed by atoms with Crippen molar-refractivity contribution in [2.45, 2.75) is 127 Å². The fraction of sp³-hybridized carbons (Fsp3) is 0.694. The molecule has 1 aromatic carbocycles. The second-order valence-corrected chi connectivity index (χ2v) is 17.5. The van der Waals surface area contributed by atoms with Crippen molar-refractivity contribution in [1.82, 2.24) is 26.2 Å². The zero-order valence-corrected chi connectivity index (χ0v) is 31.4. The second-order valence-electron chi connectivity index (χ2n) is 16.4. The molecule has 1 heterocycles. The summed E-state index contributed by atoms with van der Waals surface area (Å²) in [6, 6.07) is 3.21. The smallest absolute Gasteiger partial charge is 0.315 e. The maximum atomic E-state index is 14.7. The van der Waals surface area contributed by atoms with Crippen LogP contribution in [0, 0.1) is 23.2 Å². The SMILES string of the molecule is CC(C)(C)NC(O)[C@@H](NC(=O)N[C@H](C(=O)N1C[C@H](C(Cl)Cl)C[C@H]1C(=O)NC(CC1CCC1)C(=O)C(N)=O)C1Cc2ccccc2C1)C(C)(C)C. The van der Waals surface area contributed by atoms with E-state index in [0.29, 0.717) is 12.8 Å². The third kappa shape index (κ3) is 10.1. The van der Waals surface area contributed by atoms with Gasteiger partial charge in [-0.3, -0.25) is 24.5 Å². The minimum atomic E-state index is -1.14. The van der Waals surface area contributed by atoms with E-state index in [1.54, 1.807) is 0 Å². The van der Waals surface area contributed by atoms with Crippen LogP contribution in [0.5, 0.6) is 0 Å². The van der Waals surface area contributed by atoms with E-state index in [9.17, 15) is 29.1 Å². The number of aliphatic hydroxyl groups excluding tert-OH is 1. The van der Waals surface area contributed by atoms with Crippen molar-refractivity contribution in [3.8, 4) is 0 Å². The molecule has 2 aliphatic carbocycles. The number of carbonyl (C=O) groups excluding carboxylic acids is 5. The number of amides is 5. The van der Waals surface area contributed by atoms with Crippen molar-refractivity contribution in [3.05, 3.63) is 35.4 Å². The number of nitrogens with zero attached hydrogens (tertiary/aromatic N) is 1. The largest absolute Gasteiger partial charge is 0.376 e. The molecule has 1 saturated carbocycles. The number of halogens is 2. The van der Waals surface area contributed by atoms with E-state index >= 15 is 0 Å². The lowest BCUT2D eigenvalue weighted by Gasteiger charge is -2.39. The van der Waals surface area contributed by atoms with Crippen molar-refractivity contribution in [1.29, 1.82) is 0 Å². The fourth-order valence-corrected chi connectivity index (χ4v) is 7.65. The third-order valence-electron chi connectivity index (χ3n) is 10.2. The monoisotopic (exact) mass is 736 g/mol. The molecule has 2 fully saturated rings. The zero-order valence-electron chi connectivity index (χ0n) is 29.9. The average Bonchev–Trinajstić information content (AvgIpc) is 3.63. The first-order valence-corrected chi connectivity index (χ1v) is 18.4. The first-order chi connectivity index (χ1) is 23.2. The van der Waals surface area contributed by atoms with Gasteiger partial charge in [0.05, 0.1) is 12.1 Å². The molecule has 278 valence electrons. The molecule has 0 bridgehead atoms. The number of carbonyl (C=O) groups is 5. The van der Waals surface area contributed by atoms with Gasteiger partial charge in [-0.25, -0.2) is 4.79 Å². The van der Waals surface area contributed by atoms with Gasteiger partial charge in [0, 0.05) is 18.0 Å². The van der Waals surface area contributed by atoms with Gasteiger partial charge in [0.15, 0.2) is 0 Å². The molecule has 2 unspecified atom stereocenters. The van der Waals surface area contributed by atoms with Crippen LogP contribution < -0.4 is 27.0 Å². The third-order valence-corrected chi connectivity index (χ3v) is 10.9. The highest BCUT2D eigenvalue weighted by Gasteiger charge is 2.47. The van der Waals surface area contributed by atoms with E-state index in [2.05, 4.69) is 21.3 Å². The Morgan fingerprint density at radius 3 is 2.02 bits per heavy atom. The molecule has 1 aromatic rings. The van der Waals surface area contributed by atoms with Gasteiger partial charge in [-0.2, -0.15) is 0 Å². The van der Waals surface area contributed by atoms with Crippen molar-refractivity contribution in [3.63, 3.8) is 0 Å². The molecule has 0 aromatic heterocycles. The molecule has 6 atom stereocenters. The molecule has 1 aliphatic heterocycles. The summed E-state index contributed by atoms with van der Waals surface area (Å²) in [5.41, 5.74) is 6.45. The molecule has 50 heavy (non-hydrogen) atoms. The van der Waals surface area contributed by atoms with E-state index in [1.165, 1.54) is 4.90 Å². The summed E-state index contributed by atoms with van der Waals surface area (Å²) < 4.78 is 0. The highest BCUT2D eigenvalue weighted by atomic mass is 35.5. The second kappa shape index (κ2) is 16.2. The zero-order chi connectivity index (χ0) is 37.1. The number of alkyl halides is 2. The summed E-state index contributed by atoms with van der Waals surface area (Å²) in [6.45, 7) is 11.4. The molecule has 5 amide bonds. The minimum Gasteiger partial charge on any atom is -0.376 e. The summed E-state index contributed by atoms with van der Waals surface area (Å²) >= 11 is 12.6. The van der Waals surface area contributed by atoms with Gasteiger partial charge in [-0.15, -0.1) is 23.2 Å². The van der Waals surface area contributed by atoms with Crippen LogP contribution in [0.1, 0.15) is 84.8 Å². The Kier molecular flexibility index (Phi) is 12.9. The summed E-state index contributed by atoms with van der Waals surface area (Å²) in [7, 11) is 0. The van der Waals surface area contributed by atoms with Crippen LogP contribution in [0.4, 0.5) is 4.79 Å². The number of Topliss-reactive ketones (excluding diaryl/α,β-unsaturated/α-hetero) is 1. The van der Waals surface area contributed by atoms with Gasteiger partial charge in [-0.1, -0.05) is 64.3 Å². The lowest BCUT2D eigenvalue weighted by Crippen LogP contribution is -2.63. The van der Waals surface area contributed by atoms with E-state index in [1.807, 2.05) is 65.8 Å². The lowest BCUT2D eigenvalue weighted by molar-refractivity contribution is -0.143. The molecule has 0 spiro atoms. The van der Waals surface area contributed by atoms with Gasteiger partial charge in [0.25, 0.3) is 5.91 Å². The van der Waals surface area contributed by atoms with Crippen LogP contribution in [-0.4, -0.2) is 86.9 Å². The number of hydrogen-bond acceptors (Lipinski definition) is 7. The first-order valence-electron chi connectivity index (χ1n) is 17.6. The number of fused-ring (bicyclic) bond motifs is 1. The molecule has 7 N–H and O–H groups in total. The Morgan fingerprint density at radius 1 is 0.940 bits per heavy atom. The Morgan fingerprint density at radius 2 is 1.54 bits per heavy atom. The predicted molar refractivity (Wildman–Crippen MR) is 192 cm³/mol. The molecular weight excluding hydrogens is 683 g/mol. The van der Waals surface area contributed by atoms with Gasteiger partial charge in [-0.05, 0) is 74.8 Å². The number of nitrogens with one attached hydrogen (secondary N) is 4. The number of rotatable bonds is 13. The average molecular weight is 738 g/mol. The molecule has 1 saturated heterocycles. The van der Waals surface area contributed by atoms with Crippen LogP contribution >= 0.6 is 23.2 Å². The highest BCUT2D eigenvalue weighted by Crippen LogP contribution is 2.35. The first kappa shape index (κ1) is 39.8. The quantitative estimate of drug-likeness (QED) is 0.102. The molecule has 0 radical (unpaired) electrons. The van der Waals surface area contributed by atoms with Gasteiger partial charge in [0.2, 0.25) is 17.6 Å². The van der Waals surface area contributed by atoms with Crippen molar-refractivity contribution in [2.75, 3.05) is 6.54 Å². The predicted octanol–water partition coefficient (Wildman–Crippen LogP) is 2.94. The number of primary amides is 1. The van der Waals surface area contributed by atoms with E-state index < -0.39 is 81.6 Å². The van der Waals surface area contributed by atoms with Gasteiger partial charge < -0.3 is 31.7 Å². The van der Waals surface area contributed by atoms with E-state index in [4.69, 9.17) is 28.9 Å². The molecule has 3 aliphatic rings. The van der Waals surface area contributed by atoms with Crippen LogP contribution in [0.25, 0.3) is 0 Å². The van der Waals surface area contributed by atoms with Crippen LogP contribution in [-0.2, 0) is 32.0 Å². The normalized spacial score (nSPS) is 22.2. The molecule has 12 nitrogen and oxygen atoms in total. The Labute approximate surface area is 305 Å². The number of hydrogen-bond donors (Lipinski definition) is 6. The topological polar surface area (TPSA) is 183 Å². The number of benzene rings is 1. The maximum Gasteiger partial charge on any atom is 0.315 e. The lowest BCUT2D eigenvalue weighted by atomic mass is 9.80. The Hall–Kier alpha value is -2.93. The number of urea groups is 1. The van der Waals surface area contributed by atoms with Crippen molar-refractivity contribution >= 4 is 52.7 Å². The summed E-state index contributed by atoms with van der Waals surface area (Å²) in [5.74, 6) is -3.76. The standard InChI is InChI=1S/C36H54Cl2N6O6/c1-35(2,3)28(32(48)43-36(4,5)6)42-34(50)41-26(22-15-20-12-7-8-13-21(20)16-22)33(49)44-18-23(29(37)38)17-25(44)31(47)40-24(27(45)30(39)46)14-19-10-9-11-19/h7-8,12-13,19,22-26,28-29,32,43,48H,9-11,14-18H2,1-6H3,(H2,39,46)(H,40,47)(H2,41,42,50)/t23-,24?,25+,26+,28-,32?/m1/s1. The summed E-state index contributed by atoms with van der Waals surface area (Å²) in [5, 5.41) is 22.8. The highest BCUT2D eigenvalue weighted by molar-refractivity contribution is 6.44. The minimum absolute atomic E-state index is 0.0456. The van der Waals surface area contributed by atoms with Crippen LogP contribution in [0.15, 0.2) is 24.3 Å². The van der Waals surface area contributed by atoms with Crippen LogP contribution in [0.3, 0.4) is 0 Å². The van der Waals surface area contributed by atoms with E-state index in [-0.39, 0.29) is 31.2 Å². The summed E-state index contributed by atoms with van der Waals surface area (Å²) in [4.78, 5) is 67.5. The molecule has 14 heteroatoms. The number of aliphatic hydroxyl groups is 1. The molecule has 4 rings (SSSR count). The summed E-state index contributed by atoms with van der Waals surface area (Å²) in [6.07, 6.45) is 3.10. The maximum absolute atomic E-state index is 14.7. The Bertz CT molecular complexity index is 1400. The van der Waals surface area contributed by atoms with Gasteiger partial charge >= 0.3 is 6.03 Å². The van der Waals surface area contributed by atoms with Gasteiger partial charge in [0.1, 0.15) is 23.1 Å². The molecular formula is C36H54Cl2N6O6.